The topological polar surface area (TPSA) is 21.1 Å². The van der Waals surface area contributed by atoms with Crippen molar-refractivity contribution in [3.63, 3.8) is 0 Å². The van der Waals surface area contributed by atoms with Gasteiger partial charge in [-0.1, -0.05) is 0 Å². The lowest BCUT2D eigenvalue weighted by molar-refractivity contribution is -0.137. The van der Waals surface area contributed by atoms with Gasteiger partial charge in [-0.05, 0) is 75.4 Å². The van der Waals surface area contributed by atoms with E-state index in [1.807, 2.05) is 0 Å². The molecular formula is C20H19F4N3. The standard InChI is InChI=1S/C20H19F4N3/c1-26-10-8-13(9-11-26)19-17-12-15(21)4-7-18(17)27(25-19)16-5-2-14(3-6-16)20(22,23)24/h2-7,12-13H,8-11H2,1H3. The van der Waals surface area contributed by atoms with Gasteiger partial charge < -0.3 is 4.90 Å². The van der Waals surface area contributed by atoms with Gasteiger partial charge in [0, 0.05) is 11.3 Å². The quantitative estimate of drug-likeness (QED) is 0.587. The summed E-state index contributed by atoms with van der Waals surface area (Å²) in [5.41, 5.74) is 1.34. The lowest BCUT2D eigenvalue weighted by Gasteiger charge is -2.28. The van der Waals surface area contributed by atoms with Crippen molar-refractivity contribution in [1.29, 1.82) is 0 Å². The number of fused-ring (bicyclic) bond motifs is 1. The maximum absolute atomic E-state index is 13.9. The van der Waals surface area contributed by atoms with Crippen LogP contribution in [-0.4, -0.2) is 34.8 Å². The number of likely N-dealkylation sites (tertiary alicyclic amines) is 1. The Morgan fingerprint density at radius 3 is 2.30 bits per heavy atom. The number of hydrogen-bond donors (Lipinski definition) is 0. The molecule has 0 bridgehead atoms. The Balaban J connectivity index is 1.79. The molecule has 0 amide bonds. The summed E-state index contributed by atoms with van der Waals surface area (Å²) in [5.74, 6) is -0.134. The molecule has 0 spiro atoms. The first kappa shape index (κ1) is 18.0. The molecule has 2 aromatic carbocycles. The molecule has 0 unspecified atom stereocenters. The molecule has 1 aliphatic heterocycles. The monoisotopic (exact) mass is 377 g/mol. The Hall–Kier alpha value is -2.41. The van der Waals surface area contributed by atoms with E-state index in [0.29, 0.717) is 11.2 Å². The highest BCUT2D eigenvalue weighted by molar-refractivity contribution is 5.84. The summed E-state index contributed by atoms with van der Waals surface area (Å²) in [4.78, 5) is 2.24. The van der Waals surface area contributed by atoms with E-state index in [1.165, 1.54) is 24.3 Å². The fourth-order valence-corrected chi connectivity index (χ4v) is 3.69. The highest BCUT2D eigenvalue weighted by atomic mass is 19.4. The van der Waals surface area contributed by atoms with E-state index in [4.69, 9.17) is 5.10 Å². The summed E-state index contributed by atoms with van der Waals surface area (Å²) >= 11 is 0. The van der Waals surface area contributed by atoms with E-state index in [-0.39, 0.29) is 11.7 Å². The number of nitrogens with zero attached hydrogens (tertiary/aromatic N) is 3. The molecule has 3 aromatic rings. The molecule has 142 valence electrons. The largest absolute Gasteiger partial charge is 0.416 e. The highest BCUT2D eigenvalue weighted by Crippen LogP contribution is 2.34. The van der Waals surface area contributed by atoms with Crippen molar-refractivity contribution < 1.29 is 17.6 Å². The van der Waals surface area contributed by atoms with Crippen LogP contribution in [-0.2, 0) is 6.18 Å². The van der Waals surface area contributed by atoms with Gasteiger partial charge in [0.15, 0.2) is 0 Å². The van der Waals surface area contributed by atoms with Crippen molar-refractivity contribution in [2.45, 2.75) is 24.9 Å². The predicted molar refractivity (Wildman–Crippen MR) is 95.5 cm³/mol. The lowest BCUT2D eigenvalue weighted by Crippen LogP contribution is -2.29. The molecule has 0 N–H and O–H groups in total. The Morgan fingerprint density at radius 1 is 1.00 bits per heavy atom. The van der Waals surface area contributed by atoms with Crippen LogP contribution in [0.3, 0.4) is 0 Å². The third-order valence-electron chi connectivity index (χ3n) is 5.21. The van der Waals surface area contributed by atoms with E-state index in [9.17, 15) is 17.6 Å². The number of alkyl halides is 3. The van der Waals surface area contributed by atoms with Crippen LogP contribution in [0.15, 0.2) is 42.5 Å². The maximum atomic E-state index is 13.9. The normalized spacial score (nSPS) is 16.9. The maximum Gasteiger partial charge on any atom is 0.416 e. The molecule has 0 saturated carbocycles. The van der Waals surface area contributed by atoms with Crippen molar-refractivity contribution in [2.24, 2.45) is 0 Å². The number of halogens is 4. The molecule has 1 saturated heterocycles. The second-order valence-corrected chi connectivity index (χ2v) is 7.08. The summed E-state index contributed by atoms with van der Waals surface area (Å²) in [6.07, 6.45) is -2.54. The SMILES string of the molecule is CN1CCC(c2nn(-c3ccc(C(F)(F)F)cc3)c3ccc(F)cc23)CC1. The second-order valence-electron chi connectivity index (χ2n) is 7.08. The number of piperidine rings is 1. The molecule has 2 heterocycles. The molecule has 0 atom stereocenters. The summed E-state index contributed by atoms with van der Waals surface area (Å²) in [6, 6.07) is 9.34. The number of hydrogen-bond acceptors (Lipinski definition) is 2. The van der Waals surface area contributed by atoms with Crippen molar-refractivity contribution in [3.05, 3.63) is 59.5 Å². The van der Waals surface area contributed by atoms with Gasteiger partial charge in [0.05, 0.1) is 22.5 Å². The molecule has 3 nitrogen and oxygen atoms in total. The van der Waals surface area contributed by atoms with Crippen molar-refractivity contribution >= 4 is 10.9 Å². The summed E-state index contributed by atoms with van der Waals surface area (Å²) in [5, 5.41) is 5.42. The summed E-state index contributed by atoms with van der Waals surface area (Å²) in [7, 11) is 2.06. The van der Waals surface area contributed by atoms with Crippen LogP contribution in [0.4, 0.5) is 17.6 Å². The van der Waals surface area contributed by atoms with Gasteiger partial charge >= 0.3 is 6.18 Å². The third kappa shape index (κ3) is 3.43. The minimum Gasteiger partial charge on any atom is -0.306 e. The van der Waals surface area contributed by atoms with Crippen LogP contribution in [0.2, 0.25) is 0 Å². The van der Waals surface area contributed by atoms with Crippen LogP contribution in [0, 0.1) is 5.82 Å². The molecule has 1 aliphatic rings. The molecular weight excluding hydrogens is 358 g/mol. The molecule has 1 fully saturated rings. The second kappa shape index (κ2) is 6.64. The van der Waals surface area contributed by atoms with E-state index in [0.717, 1.165) is 49.1 Å². The predicted octanol–water partition coefficient (Wildman–Crippen LogP) is 4.99. The number of rotatable bonds is 2. The average molecular weight is 377 g/mol. The Labute approximate surface area is 154 Å². The highest BCUT2D eigenvalue weighted by Gasteiger charge is 2.30. The fraction of sp³-hybridized carbons (Fsp3) is 0.350. The van der Waals surface area contributed by atoms with Gasteiger partial charge in [0.2, 0.25) is 0 Å². The van der Waals surface area contributed by atoms with Crippen molar-refractivity contribution in [2.75, 3.05) is 20.1 Å². The van der Waals surface area contributed by atoms with Gasteiger partial charge in [-0.2, -0.15) is 18.3 Å². The molecule has 0 radical (unpaired) electrons. The van der Waals surface area contributed by atoms with Gasteiger partial charge in [-0.25, -0.2) is 9.07 Å². The molecule has 0 aliphatic carbocycles. The third-order valence-corrected chi connectivity index (χ3v) is 5.21. The van der Waals surface area contributed by atoms with E-state index in [1.54, 1.807) is 10.7 Å². The van der Waals surface area contributed by atoms with Crippen molar-refractivity contribution in [3.8, 4) is 5.69 Å². The molecule has 7 heteroatoms. The van der Waals surface area contributed by atoms with E-state index in [2.05, 4.69) is 11.9 Å². The van der Waals surface area contributed by atoms with Gasteiger partial charge in [0.1, 0.15) is 5.82 Å². The number of aromatic nitrogens is 2. The molecule has 27 heavy (non-hydrogen) atoms. The van der Waals surface area contributed by atoms with E-state index < -0.39 is 11.7 Å². The first-order valence-corrected chi connectivity index (χ1v) is 8.87. The summed E-state index contributed by atoms with van der Waals surface area (Å²) < 4.78 is 54.0. The zero-order chi connectivity index (χ0) is 19.2. The van der Waals surface area contributed by atoms with Crippen LogP contribution in [0.5, 0.6) is 0 Å². The van der Waals surface area contributed by atoms with Crippen LogP contribution < -0.4 is 0 Å². The lowest BCUT2D eigenvalue weighted by atomic mass is 9.92. The summed E-state index contributed by atoms with van der Waals surface area (Å²) in [6.45, 7) is 1.88. The van der Waals surface area contributed by atoms with Crippen LogP contribution >= 0.6 is 0 Å². The minimum atomic E-state index is -4.38. The van der Waals surface area contributed by atoms with E-state index >= 15 is 0 Å². The first-order chi connectivity index (χ1) is 12.8. The zero-order valence-corrected chi connectivity index (χ0v) is 14.8. The fourth-order valence-electron chi connectivity index (χ4n) is 3.69. The number of benzene rings is 2. The van der Waals surface area contributed by atoms with Crippen LogP contribution in [0.25, 0.3) is 16.6 Å². The zero-order valence-electron chi connectivity index (χ0n) is 14.8. The van der Waals surface area contributed by atoms with Gasteiger partial charge in [-0.3, -0.25) is 0 Å². The Morgan fingerprint density at radius 2 is 1.67 bits per heavy atom. The average Bonchev–Trinajstić information content (AvgIpc) is 3.00. The Bertz CT molecular complexity index is 952. The minimum absolute atomic E-state index is 0.209. The smallest absolute Gasteiger partial charge is 0.306 e. The van der Waals surface area contributed by atoms with Crippen LogP contribution in [0.1, 0.15) is 30.0 Å². The molecule has 4 rings (SSSR count). The first-order valence-electron chi connectivity index (χ1n) is 8.87. The van der Waals surface area contributed by atoms with Gasteiger partial charge in [0.25, 0.3) is 0 Å². The van der Waals surface area contributed by atoms with Crippen molar-refractivity contribution in [1.82, 2.24) is 14.7 Å². The Kier molecular flexibility index (Phi) is 4.42. The molecule has 1 aromatic heterocycles. The van der Waals surface area contributed by atoms with Gasteiger partial charge in [-0.15, -0.1) is 0 Å².